The van der Waals surface area contributed by atoms with Crippen LogP contribution in [0.4, 0.5) is 0 Å². The first-order valence-corrected chi connectivity index (χ1v) is 3.54. The van der Waals surface area contributed by atoms with E-state index in [9.17, 15) is 4.79 Å². The first kappa shape index (κ1) is 6.55. The van der Waals surface area contributed by atoms with Crippen LogP contribution in [0.1, 0.15) is 0 Å². The predicted molar refractivity (Wildman–Crippen MR) is 41.7 cm³/mol. The molecule has 0 atom stereocenters. The average Bonchev–Trinajstić information content (AvgIpc) is 2.31. The molecule has 1 aromatic rings. The van der Waals surface area contributed by atoms with Crippen LogP contribution < -0.4 is 10.6 Å². The molecule has 11 heavy (non-hydrogen) atoms. The Morgan fingerprint density at radius 1 is 1.36 bits per heavy atom. The molecule has 0 aromatic heterocycles. The van der Waals surface area contributed by atoms with E-state index in [1.165, 1.54) is 6.08 Å². The fourth-order valence-electron chi connectivity index (χ4n) is 1.04. The van der Waals surface area contributed by atoms with E-state index in [2.05, 4.69) is 4.99 Å². The monoisotopic (exact) mass is 165 g/mol. The molecule has 3 heteroatoms. The van der Waals surface area contributed by atoms with Crippen LogP contribution in [0.5, 0.6) is 0 Å². The first-order chi connectivity index (χ1) is 5.27. The Bertz CT molecular complexity index is 436. The fourth-order valence-corrected chi connectivity index (χ4v) is 1.27. The van der Waals surface area contributed by atoms with Crippen LogP contribution in [0.3, 0.4) is 0 Å². The lowest BCUT2D eigenvalue weighted by molar-refractivity contribution is -0.112. The first-order valence-electron chi connectivity index (χ1n) is 3.16. The standard InChI is InChI=1S/C8H4ClNO/c9-6-3-1-2-5-4-7(11)10-8(5)6/h1-4H. The maximum Gasteiger partial charge on any atom is 0.270 e. The molecular weight excluding hydrogens is 162 g/mol. The van der Waals surface area contributed by atoms with Crippen molar-refractivity contribution >= 4 is 23.6 Å². The molecule has 1 aromatic carbocycles. The van der Waals surface area contributed by atoms with Gasteiger partial charge in [-0.15, -0.1) is 0 Å². The van der Waals surface area contributed by atoms with Gasteiger partial charge in [0.05, 0.1) is 10.4 Å². The number of nitrogens with zero attached hydrogens (tertiary/aromatic N) is 1. The summed E-state index contributed by atoms with van der Waals surface area (Å²) in [5.74, 6) is -0.229. The van der Waals surface area contributed by atoms with Crippen LogP contribution in [0.2, 0.25) is 5.02 Å². The van der Waals surface area contributed by atoms with E-state index in [0.29, 0.717) is 10.4 Å². The lowest BCUT2D eigenvalue weighted by Crippen LogP contribution is -2.21. The molecule has 1 heterocycles. The summed E-state index contributed by atoms with van der Waals surface area (Å²) in [4.78, 5) is 14.5. The number of fused-ring (bicyclic) bond motifs is 1. The predicted octanol–water partition coefficient (Wildman–Crippen LogP) is 0.280. The smallest absolute Gasteiger partial charge is 0.267 e. The van der Waals surface area contributed by atoms with Gasteiger partial charge >= 0.3 is 0 Å². The summed E-state index contributed by atoms with van der Waals surface area (Å²) in [6.45, 7) is 0. The summed E-state index contributed by atoms with van der Waals surface area (Å²) >= 11 is 5.77. The van der Waals surface area contributed by atoms with E-state index in [1.807, 2.05) is 6.07 Å². The van der Waals surface area contributed by atoms with Gasteiger partial charge in [0.2, 0.25) is 0 Å². The van der Waals surface area contributed by atoms with Crippen LogP contribution in [-0.2, 0) is 4.79 Å². The molecule has 0 radical (unpaired) electrons. The zero-order chi connectivity index (χ0) is 7.84. The summed E-state index contributed by atoms with van der Waals surface area (Å²) in [5, 5.41) is 1.94. The van der Waals surface area contributed by atoms with Crippen molar-refractivity contribution < 1.29 is 4.79 Å². The number of hydrogen-bond donors (Lipinski definition) is 0. The molecule has 0 saturated heterocycles. The van der Waals surface area contributed by atoms with Gasteiger partial charge in [-0.05, 0) is 6.07 Å². The molecule has 1 amide bonds. The number of carbonyl (C=O) groups is 1. The maximum atomic E-state index is 10.8. The van der Waals surface area contributed by atoms with E-state index in [4.69, 9.17) is 11.6 Å². The highest BCUT2D eigenvalue weighted by atomic mass is 35.5. The second kappa shape index (κ2) is 2.17. The Kier molecular flexibility index (Phi) is 1.29. The van der Waals surface area contributed by atoms with Crippen LogP contribution >= 0.6 is 11.6 Å². The number of halogens is 1. The third kappa shape index (κ3) is 0.955. The van der Waals surface area contributed by atoms with Crippen molar-refractivity contribution in [3.05, 3.63) is 33.8 Å². The van der Waals surface area contributed by atoms with Gasteiger partial charge < -0.3 is 0 Å². The minimum absolute atomic E-state index is 0.229. The van der Waals surface area contributed by atoms with Gasteiger partial charge in [-0.1, -0.05) is 23.7 Å². The molecule has 0 aliphatic carbocycles. The SMILES string of the molecule is O=C1C=c2cccc(Cl)c2=N1. The zero-order valence-electron chi connectivity index (χ0n) is 5.54. The number of hydrogen-bond acceptors (Lipinski definition) is 1. The van der Waals surface area contributed by atoms with Gasteiger partial charge in [0.1, 0.15) is 0 Å². The van der Waals surface area contributed by atoms with Gasteiger partial charge in [-0.25, -0.2) is 4.99 Å². The minimum atomic E-state index is -0.229. The Labute approximate surface area is 67.8 Å². The van der Waals surface area contributed by atoms with E-state index in [-0.39, 0.29) is 5.91 Å². The van der Waals surface area contributed by atoms with Crippen LogP contribution in [0.15, 0.2) is 23.2 Å². The Morgan fingerprint density at radius 2 is 2.18 bits per heavy atom. The molecular formula is C8H4ClNO. The summed E-state index contributed by atoms with van der Waals surface area (Å²) in [6.07, 6.45) is 1.47. The molecule has 0 saturated carbocycles. The zero-order valence-corrected chi connectivity index (χ0v) is 6.30. The molecule has 0 bridgehead atoms. The molecule has 2 nitrogen and oxygen atoms in total. The number of para-hydroxylation sites is 1. The summed E-state index contributed by atoms with van der Waals surface area (Å²) in [6, 6.07) is 5.33. The molecule has 1 aliphatic heterocycles. The number of rotatable bonds is 0. The van der Waals surface area contributed by atoms with E-state index >= 15 is 0 Å². The van der Waals surface area contributed by atoms with E-state index in [1.54, 1.807) is 12.1 Å². The van der Waals surface area contributed by atoms with Crippen molar-refractivity contribution in [1.29, 1.82) is 0 Å². The summed E-state index contributed by atoms with van der Waals surface area (Å²) in [5.41, 5.74) is 0. The third-order valence-corrected chi connectivity index (χ3v) is 1.82. The van der Waals surface area contributed by atoms with Gasteiger partial charge in [0.25, 0.3) is 5.91 Å². The quantitative estimate of drug-likeness (QED) is 0.543. The molecule has 54 valence electrons. The fraction of sp³-hybridized carbons (Fsp3) is 0. The number of amides is 1. The second-order valence-electron chi connectivity index (χ2n) is 2.27. The van der Waals surface area contributed by atoms with Gasteiger partial charge in [0, 0.05) is 11.3 Å². The van der Waals surface area contributed by atoms with E-state index < -0.39 is 0 Å². The maximum absolute atomic E-state index is 10.8. The molecule has 0 spiro atoms. The highest BCUT2D eigenvalue weighted by Crippen LogP contribution is 1.98. The van der Waals surface area contributed by atoms with Crippen molar-refractivity contribution in [3.8, 4) is 0 Å². The van der Waals surface area contributed by atoms with E-state index in [0.717, 1.165) is 5.22 Å². The van der Waals surface area contributed by atoms with Crippen LogP contribution in [-0.4, -0.2) is 5.91 Å². The normalized spacial score (nSPS) is 13.7. The van der Waals surface area contributed by atoms with Gasteiger partial charge in [-0.2, -0.15) is 0 Å². The molecule has 0 N–H and O–H groups in total. The molecule has 0 unspecified atom stereocenters. The molecule has 1 aliphatic rings. The number of benzene rings is 1. The Hall–Kier alpha value is -1.15. The van der Waals surface area contributed by atoms with Gasteiger partial charge in [-0.3, -0.25) is 4.79 Å². The lowest BCUT2D eigenvalue weighted by Gasteiger charge is -1.85. The number of carbonyl (C=O) groups excluding carboxylic acids is 1. The average molecular weight is 166 g/mol. The van der Waals surface area contributed by atoms with Gasteiger partial charge in [0.15, 0.2) is 0 Å². The van der Waals surface area contributed by atoms with Crippen molar-refractivity contribution in [3.63, 3.8) is 0 Å². The largest absolute Gasteiger partial charge is 0.270 e. The Balaban J connectivity index is 2.97. The lowest BCUT2D eigenvalue weighted by atomic mass is 10.3. The van der Waals surface area contributed by atoms with Crippen molar-refractivity contribution in [2.75, 3.05) is 0 Å². The van der Waals surface area contributed by atoms with Crippen LogP contribution in [0, 0.1) is 0 Å². The topological polar surface area (TPSA) is 29.4 Å². The van der Waals surface area contributed by atoms with Crippen molar-refractivity contribution in [2.45, 2.75) is 0 Å². The molecule has 0 fully saturated rings. The van der Waals surface area contributed by atoms with Crippen LogP contribution in [0.25, 0.3) is 6.08 Å². The second-order valence-corrected chi connectivity index (χ2v) is 2.68. The summed E-state index contributed by atoms with van der Waals surface area (Å²) in [7, 11) is 0. The Morgan fingerprint density at radius 3 is 2.91 bits per heavy atom. The minimum Gasteiger partial charge on any atom is -0.267 e. The molecule has 2 rings (SSSR count). The highest BCUT2D eigenvalue weighted by Gasteiger charge is 2.04. The van der Waals surface area contributed by atoms with Crippen molar-refractivity contribution in [1.82, 2.24) is 0 Å². The van der Waals surface area contributed by atoms with Crippen molar-refractivity contribution in [2.24, 2.45) is 4.99 Å². The third-order valence-electron chi connectivity index (χ3n) is 1.52. The summed E-state index contributed by atoms with van der Waals surface area (Å²) < 4.78 is 0. The highest BCUT2D eigenvalue weighted by molar-refractivity contribution is 6.30.